The van der Waals surface area contributed by atoms with E-state index in [-0.39, 0.29) is 6.42 Å². The summed E-state index contributed by atoms with van der Waals surface area (Å²) in [6, 6.07) is 0. The summed E-state index contributed by atoms with van der Waals surface area (Å²) in [5, 5.41) is 8.45. The van der Waals surface area contributed by atoms with Crippen molar-refractivity contribution in [3.8, 4) is 0 Å². The van der Waals surface area contributed by atoms with E-state index in [1.165, 1.54) is 70.6 Å². The number of carboxylic acid groups (broad SMARTS) is 1. The fourth-order valence-corrected chi connectivity index (χ4v) is 2.23. The van der Waals surface area contributed by atoms with Crippen molar-refractivity contribution in [1.29, 1.82) is 0 Å². The molecule has 0 fully saturated rings. The Bertz CT molecular complexity index is 221. The molecule has 0 spiro atoms. The van der Waals surface area contributed by atoms with Crippen molar-refractivity contribution in [3.05, 3.63) is 12.2 Å². The fraction of sp³-hybridized carbons (Fsp3) is 0.824. The molecule has 0 aromatic heterocycles. The summed E-state index contributed by atoms with van der Waals surface area (Å²) in [5.41, 5.74) is 0. The Morgan fingerprint density at radius 3 is 1.74 bits per heavy atom. The second kappa shape index (κ2) is 15.3. The van der Waals surface area contributed by atoms with Gasteiger partial charge in [0.2, 0.25) is 0 Å². The van der Waals surface area contributed by atoms with Crippen molar-refractivity contribution in [2.45, 2.75) is 90.4 Å². The molecule has 0 atom stereocenters. The van der Waals surface area contributed by atoms with Gasteiger partial charge in [0.15, 0.2) is 0 Å². The zero-order chi connectivity index (χ0) is 14.2. The van der Waals surface area contributed by atoms with E-state index >= 15 is 0 Å². The minimum atomic E-state index is -0.741. The molecule has 0 aliphatic heterocycles. The first-order chi connectivity index (χ1) is 9.27. The van der Waals surface area contributed by atoms with Crippen LogP contribution in [0, 0.1) is 0 Å². The molecule has 0 bridgehead atoms. The van der Waals surface area contributed by atoms with Crippen molar-refractivity contribution in [3.63, 3.8) is 0 Å². The molecule has 0 saturated carbocycles. The van der Waals surface area contributed by atoms with Gasteiger partial charge >= 0.3 is 5.97 Å². The first-order valence-corrected chi connectivity index (χ1v) is 8.14. The number of aliphatic carboxylic acids is 1. The Labute approximate surface area is 119 Å². The van der Waals surface area contributed by atoms with Crippen LogP contribution in [0.2, 0.25) is 0 Å². The fourth-order valence-electron chi connectivity index (χ4n) is 2.23. The standard InChI is InChI=1S/C17H32O2/c1-2-3-4-5-6-7-8-9-10-11-12-13-14-15-16-17(18)19/h14-15H,2-13,16H2,1H3,(H,18,19). The molecule has 0 amide bonds. The first-order valence-electron chi connectivity index (χ1n) is 8.14. The number of hydrogen-bond acceptors (Lipinski definition) is 1. The van der Waals surface area contributed by atoms with Gasteiger partial charge in [-0.15, -0.1) is 0 Å². The first kappa shape index (κ1) is 18.2. The van der Waals surface area contributed by atoms with Crippen LogP contribution in [0.1, 0.15) is 90.4 Å². The van der Waals surface area contributed by atoms with Crippen LogP contribution in [0.15, 0.2) is 12.2 Å². The summed E-state index contributed by atoms with van der Waals surface area (Å²) in [6.07, 6.45) is 19.9. The molecule has 0 aliphatic rings. The van der Waals surface area contributed by atoms with Crippen LogP contribution in [-0.2, 0) is 4.79 Å². The van der Waals surface area contributed by atoms with Gasteiger partial charge in [-0.1, -0.05) is 83.3 Å². The van der Waals surface area contributed by atoms with Gasteiger partial charge in [0.25, 0.3) is 0 Å². The summed E-state index contributed by atoms with van der Waals surface area (Å²) in [4.78, 5) is 10.3. The van der Waals surface area contributed by atoms with Crippen LogP contribution in [0.5, 0.6) is 0 Å². The molecule has 0 rings (SSSR count). The highest BCUT2D eigenvalue weighted by atomic mass is 16.4. The molecular weight excluding hydrogens is 236 g/mol. The van der Waals surface area contributed by atoms with E-state index in [1.54, 1.807) is 6.08 Å². The third-order valence-electron chi connectivity index (χ3n) is 3.43. The van der Waals surface area contributed by atoms with Gasteiger partial charge < -0.3 is 5.11 Å². The minimum absolute atomic E-state index is 0.165. The van der Waals surface area contributed by atoms with Crippen LogP contribution in [0.3, 0.4) is 0 Å². The third kappa shape index (κ3) is 17.2. The van der Waals surface area contributed by atoms with Crippen molar-refractivity contribution in [2.24, 2.45) is 0 Å². The van der Waals surface area contributed by atoms with E-state index < -0.39 is 5.97 Å². The normalized spacial score (nSPS) is 11.2. The van der Waals surface area contributed by atoms with Gasteiger partial charge in [-0.25, -0.2) is 0 Å². The quantitative estimate of drug-likeness (QED) is 0.323. The molecule has 0 aliphatic carbocycles. The predicted molar refractivity (Wildman–Crippen MR) is 82.5 cm³/mol. The zero-order valence-corrected chi connectivity index (χ0v) is 12.7. The summed E-state index contributed by atoms with van der Waals surface area (Å²) in [7, 11) is 0. The van der Waals surface area contributed by atoms with Gasteiger partial charge in [-0.3, -0.25) is 4.79 Å². The van der Waals surface area contributed by atoms with E-state index in [0.29, 0.717) is 0 Å². The molecule has 0 heterocycles. The van der Waals surface area contributed by atoms with Crippen LogP contribution >= 0.6 is 0 Å². The van der Waals surface area contributed by atoms with Gasteiger partial charge in [0, 0.05) is 0 Å². The van der Waals surface area contributed by atoms with Crippen LogP contribution < -0.4 is 0 Å². The van der Waals surface area contributed by atoms with Gasteiger partial charge in [-0.05, 0) is 12.8 Å². The molecule has 0 aromatic rings. The smallest absolute Gasteiger partial charge is 0.307 e. The maximum absolute atomic E-state index is 10.3. The van der Waals surface area contributed by atoms with E-state index in [9.17, 15) is 4.79 Å². The van der Waals surface area contributed by atoms with Crippen LogP contribution in [-0.4, -0.2) is 11.1 Å². The average Bonchev–Trinajstić information content (AvgIpc) is 2.39. The number of allylic oxidation sites excluding steroid dienone is 1. The molecular formula is C17H32O2. The molecule has 0 unspecified atom stereocenters. The Morgan fingerprint density at radius 2 is 1.26 bits per heavy atom. The highest BCUT2D eigenvalue weighted by Crippen LogP contribution is 2.11. The van der Waals surface area contributed by atoms with E-state index in [2.05, 4.69) is 6.92 Å². The average molecular weight is 268 g/mol. The van der Waals surface area contributed by atoms with Gasteiger partial charge in [0.05, 0.1) is 6.42 Å². The minimum Gasteiger partial charge on any atom is -0.481 e. The van der Waals surface area contributed by atoms with Gasteiger partial charge in [0.1, 0.15) is 0 Å². The molecule has 2 heteroatoms. The van der Waals surface area contributed by atoms with E-state index in [1.807, 2.05) is 6.08 Å². The van der Waals surface area contributed by atoms with Gasteiger partial charge in [-0.2, -0.15) is 0 Å². The molecule has 19 heavy (non-hydrogen) atoms. The maximum atomic E-state index is 10.3. The second-order valence-electron chi connectivity index (χ2n) is 5.39. The molecule has 1 N–H and O–H groups in total. The Morgan fingerprint density at radius 1 is 0.789 bits per heavy atom. The van der Waals surface area contributed by atoms with Crippen molar-refractivity contribution < 1.29 is 9.90 Å². The summed E-state index contributed by atoms with van der Waals surface area (Å²) in [5.74, 6) is -0.741. The highest BCUT2D eigenvalue weighted by Gasteiger charge is 1.93. The maximum Gasteiger partial charge on any atom is 0.307 e. The third-order valence-corrected chi connectivity index (χ3v) is 3.43. The van der Waals surface area contributed by atoms with Crippen molar-refractivity contribution >= 4 is 5.97 Å². The summed E-state index contributed by atoms with van der Waals surface area (Å²) in [6.45, 7) is 2.26. The number of unbranched alkanes of at least 4 members (excludes halogenated alkanes) is 11. The topological polar surface area (TPSA) is 37.3 Å². The SMILES string of the molecule is CCCCCCCCCCCCCC=CCC(=O)O. The molecule has 0 saturated heterocycles. The molecule has 2 nitrogen and oxygen atoms in total. The van der Waals surface area contributed by atoms with Crippen LogP contribution in [0.4, 0.5) is 0 Å². The lowest BCUT2D eigenvalue weighted by molar-refractivity contribution is -0.136. The Balaban J connectivity index is 3.02. The van der Waals surface area contributed by atoms with Crippen LogP contribution in [0.25, 0.3) is 0 Å². The van der Waals surface area contributed by atoms with Crippen molar-refractivity contribution in [2.75, 3.05) is 0 Å². The van der Waals surface area contributed by atoms with Crippen molar-refractivity contribution in [1.82, 2.24) is 0 Å². The largest absolute Gasteiger partial charge is 0.481 e. The monoisotopic (exact) mass is 268 g/mol. The number of rotatable bonds is 14. The second-order valence-corrected chi connectivity index (χ2v) is 5.39. The number of carbonyl (C=O) groups is 1. The summed E-state index contributed by atoms with van der Waals surface area (Å²) < 4.78 is 0. The highest BCUT2D eigenvalue weighted by molar-refractivity contribution is 5.68. The predicted octanol–water partition coefficient (Wildman–Crippen LogP) is 5.72. The molecule has 112 valence electrons. The lowest BCUT2D eigenvalue weighted by atomic mass is 10.1. The Hall–Kier alpha value is -0.790. The summed E-state index contributed by atoms with van der Waals surface area (Å²) >= 11 is 0. The number of carboxylic acids is 1. The molecule has 0 radical (unpaired) electrons. The number of hydrogen-bond donors (Lipinski definition) is 1. The van der Waals surface area contributed by atoms with E-state index in [4.69, 9.17) is 5.11 Å². The zero-order valence-electron chi connectivity index (χ0n) is 12.7. The Kier molecular flexibility index (Phi) is 14.6. The van der Waals surface area contributed by atoms with E-state index in [0.717, 1.165) is 6.42 Å². The lowest BCUT2D eigenvalue weighted by Gasteiger charge is -2.01. The molecule has 0 aromatic carbocycles. The lowest BCUT2D eigenvalue weighted by Crippen LogP contribution is -1.89.